The van der Waals surface area contributed by atoms with Crippen molar-refractivity contribution in [2.45, 2.75) is 38.1 Å². The molecular formula is C8H12N2O2. The van der Waals surface area contributed by atoms with Crippen molar-refractivity contribution in [1.29, 1.82) is 5.26 Å². The smallest absolute Gasteiger partial charge is 0.216 e. The Labute approximate surface area is 71.3 Å². The predicted octanol–water partition coefficient (Wildman–Crippen LogP) is 1.74. The summed E-state index contributed by atoms with van der Waals surface area (Å²) in [5.41, 5.74) is 0. The average Bonchev–Trinajstić information content (AvgIpc) is 2.05. The molecule has 1 rings (SSSR count). The van der Waals surface area contributed by atoms with Gasteiger partial charge in [-0.05, 0) is 12.8 Å². The molecule has 0 aromatic heterocycles. The van der Waals surface area contributed by atoms with E-state index in [9.17, 15) is 10.1 Å². The normalized spacial score (nSPS) is 29.2. The van der Waals surface area contributed by atoms with Crippen LogP contribution in [0.4, 0.5) is 0 Å². The molecule has 4 heteroatoms. The van der Waals surface area contributed by atoms with Crippen molar-refractivity contribution in [2.24, 2.45) is 5.92 Å². The van der Waals surface area contributed by atoms with Crippen LogP contribution in [0.15, 0.2) is 0 Å². The third-order valence-electron chi connectivity index (χ3n) is 2.49. The minimum atomic E-state index is -0.460. The monoisotopic (exact) mass is 168 g/mol. The number of nitriles is 1. The van der Waals surface area contributed by atoms with Gasteiger partial charge in [-0.2, -0.15) is 5.26 Å². The van der Waals surface area contributed by atoms with Crippen LogP contribution in [0.1, 0.15) is 32.1 Å². The van der Waals surface area contributed by atoms with Crippen molar-refractivity contribution in [2.75, 3.05) is 0 Å². The quantitative estimate of drug-likeness (QED) is 0.465. The third-order valence-corrected chi connectivity index (χ3v) is 2.49. The number of nitro groups is 1. The first kappa shape index (κ1) is 8.98. The van der Waals surface area contributed by atoms with Gasteiger partial charge in [0.2, 0.25) is 6.04 Å². The van der Waals surface area contributed by atoms with Crippen LogP contribution < -0.4 is 0 Å². The average molecular weight is 168 g/mol. The second kappa shape index (κ2) is 4.05. The van der Waals surface area contributed by atoms with E-state index in [1.54, 1.807) is 0 Å². The van der Waals surface area contributed by atoms with Gasteiger partial charge in [0.05, 0.1) is 6.07 Å². The molecule has 2 unspecified atom stereocenters. The molecule has 0 bridgehead atoms. The van der Waals surface area contributed by atoms with Gasteiger partial charge in [0.15, 0.2) is 0 Å². The topological polar surface area (TPSA) is 66.9 Å². The van der Waals surface area contributed by atoms with E-state index in [4.69, 9.17) is 5.26 Å². The van der Waals surface area contributed by atoms with E-state index in [1.807, 2.05) is 6.07 Å². The molecule has 66 valence electrons. The molecule has 0 radical (unpaired) electrons. The highest BCUT2D eigenvalue weighted by molar-refractivity contribution is 4.83. The Morgan fingerprint density at radius 3 is 2.75 bits per heavy atom. The summed E-state index contributed by atoms with van der Waals surface area (Å²) in [7, 11) is 0. The zero-order chi connectivity index (χ0) is 8.97. The standard InChI is InChI=1S/C8H12N2O2/c9-6-5-7-3-1-2-4-8(7)10(11)12/h7-8H,1-5H2. The fraction of sp³-hybridized carbons (Fsp3) is 0.875. The third kappa shape index (κ3) is 1.94. The fourth-order valence-electron chi connectivity index (χ4n) is 1.82. The van der Waals surface area contributed by atoms with Crippen LogP contribution in [0.3, 0.4) is 0 Å². The molecule has 0 aromatic carbocycles. The minimum absolute atomic E-state index is 0.00116. The van der Waals surface area contributed by atoms with Gasteiger partial charge in [-0.15, -0.1) is 0 Å². The van der Waals surface area contributed by atoms with Crippen molar-refractivity contribution in [3.63, 3.8) is 0 Å². The van der Waals surface area contributed by atoms with Gasteiger partial charge in [-0.1, -0.05) is 6.42 Å². The Balaban J connectivity index is 2.55. The van der Waals surface area contributed by atoms with Crippen LogP contribution in [0.25, 0.3) is 0 Å². The molecule has 1 aliphatic carbocycles. The summed E-state index contributed by atoms with van der Waals surface area (Å²) in [5.74, 6) is -0.00116. The van der Waals surface area contributed by atoms with Crippen LogP contribution in [0.2, 0.25) is 0 Å². The summed E-state index contributed by atoms with van der Waals surface area (Å²) >= 11 is 0. The van der Waals surface area contributed by atoms with E-state index >= 15 is 0 Å². The molecule has 0 N–H and O–H groups in total. The van der Waals surface area contributed by atoms with Crippen LogP contribution in [0, 0.1) is 27.4 Å². The van der Waals surface area contributed by atoms with Gasteiger partial charge in [-0.25, -0.2) is 0 Å². The maximum absolute atomic E-state index is 10.5. The Hall–Kier alpha value is -1.11. The Kier molecular flexibility index (Phi) is 3.03. The van der Waals surface area contributed by atoms with Crippen molar-refractivity contribution < 1.29 is 4.92 Å². The molecule has 12 heavy (non-hydrogen) atoms. The molecule has 0 aromatic rings. The highest BCUT2D eigenvalue weighted by Gasteiger charge is 2.33. The summed E-state index contributed by atoms with van der Waals surface area (Å²) < 4.78 is 0. The molecule has 2 atom stereocenters. The molecule has 0 amide bonds. The molecule has 1 saturated carbocycles. The van der Waals surface area contributed by atoms with E-state index in [2.05, 4.69) is 0 Å². The molecule has 0 aliphatic heterocycles. The highest BCUT2D eigenvalue weighted by Crippen LogP contribution is 2.28. The molecule has 1 aliphatic rings. The van der Waals surface area contributed by atoms with Crippen LogP contribution >= 0.6 is 0 Å². The van der Waals surface area contributed by atoms with E-state index in [0.717, 1.165) is 19.3 Å². The van der Waals surface area contributed by atoms with E-state index in [1.165, 1.54) is 0 Å². The second-order valence-electron chi connectivity index (χ2n) is 3.26. The van der Waals surface area contributed by atoms with Gasteiger partial charge in [0.25, 0.3) is 0 Å². The summed E-state index contributed by atoms with van der Waals surface area (Å²) in [6, 6.07) is 1.56. The maximum Gasteiger partial charge on any atom is 0.216 e. The van der Waals surface area contributed by atoms with Gasteiger partial charge in [0.1, 0.15) is 0 Å². The number of rotatable bonds is 2. The number of nitrogens with zero attached hydrogens (tertiary/aromatic N) is 2. The fourth-order valence-corrected chi connectivity index (χ4v) is 1.82. The lowest BCUT2D eigenvalue weighted by molar-refractivity contribution is -0.535. The lowest BCUT2D eigenvalue weighted by Gasteiger charge is -2.22. The molecule has 0 spiro atoms. The summed E-state index contributed by atoms with van der Waals surface area (Å²) in [4.78, 5) is 10.3. The Morgan fingerprint density at radius 2 is 2.17 bits per heavy atom. The maximum atomic E-state index is 10.5. The minimum Gasteiger partial charge on any atom is -0.264 e. The van der Waals surface area contributed by atoms with Crippen LogP contribution in [0.5, 0.6) is 0 Å². The zero-order valence-electron chi connectivity index (χ0n) is 6.90. The van der Waals surface area contributed by atoms with Crippen molar-refractivity contribution in [1.82, 2.24) is 0 Å². The van der Waals surface area contributed by atoms with Gasteiger partial charge >= 0.3 is 0 Å². The summed E-state index contributed by atoms with van der Waals surface area (Å²) in [5, 5.41) is 19.0. The second-order valence-corrected chi connectivity index (χ2v) is 3.26. The van der Waals surface area contributed by atoms with Crippen molar-refractivity contribution in [3.8, 4) is 6.07 Å². The molecule has 0 saturated heterocycles. The van der Waals surface area contributed by atoms with Gasteiger partial charge in [0, 0.05) is 23.7 Å². The van der Waals surface area contributed by atoms with E-state index in [0.29, 0.717) is 12.8 Å². The largest absolute Gasteiger partial charge is 0.264 e. The van der Waals surface area contributed by atoms with E-state index in [-0.39, 0.29) is 10.8 Å². The highest BCUT2D eigenvalue weighted by atomic mass is 16.6. The first-order valence-corrected chi connectivity index (χ1v) is 4.26. The molecular weight excluding hydrogens is 156 g/mol. The number of hydrogen-bond acceptors (Lipinski definition) is 3. The zero-order valence-corrected chi connectivity index (χ0v) is 6.90. The molecule has 4 nitrogen and oxygen atoms in total. The lowest BCUT2D eigenvalue weighted by Crippen LogP contribution is -2.31. The Morgan fingerprint density at radius 1 is 1.50 bits per heavy atom. The van der Waals surface area contributed by atoms with Crippen LogP contribution in [-0.4, -0.2) is 11.0 Å². The van der Waals surface area contributed by atoms with Crippen molar-refractivity contribution in [3.05, 3.63) is 10.1 Å². The molecule has 0 heterocycles. The van der Waals surface area contributed by atoms with E-state index < -0.39 is 6.04 Å². The van der Waals surface area contributed by atoms with Gasteiger partial charge in [-0.3, -0.25) is 10.1 Å². The number of hydrogen-bond donors (Lipinski definition) is 0. The SMILES string of the molecule is N#CCC1CCCCC1[N+](=O)[O-]. The van der Waals surface area contributed by atoms with Crippen molar-refractivity contribution >= 4 is 0 Å². The predicted molar refractivity (Wildman–Crippen MR) is 43.0 cm³/mol. The first-order valence-electron chi connectivity index (χ1n) is 4.26. The van der Waals surface area contributed by atoms with Crippen LogP contribution in [-0.2, 0) is 0 Å². The summed E-state index contributed by atoms with van der Waals surface area (Å²) in [6.45, 7) is 0. The summed E-state index contributed by atoms with van der Waals surface area (Å²) in [6.07, 6.45) is 3.81. The molecule has 1 fully saturated rings. The first-order chi connectivity index (χ1) is 5.75. The lowest BCUT2D eigenvalue weighted by atomic mass is 9.83. The Bertz CT molecular complexity index is 210. The van der Waals surface area contributed by atoms with Gasteiger partial charge < -0.3 is 0 Å².